The van der Waals surface area contributed by atoms with Crippen LogP contribution >= 0.6 is 0 Å². The summed E-state index contributed by atoms with van der Waals surface area (Å²) >= 11 is 0. The smallest absolute Gasteiger partial charge is 0.235 e. The van der Waals surface area contributed by atoms with Gasteiger partial charge in [0, 0.05) is 23.8 Å². The van der Waals surface area contributed by atoms with Crippen LogP contribution in [0.5, 0.6) is 5.88 Å². The molecule has 1 aromatic heterocycles. The Balaban J connectivity index is 2.11. The fourth-order valence-corrected chi connectivity index (χ4v) is 1.86. The van der Waals surface area contributed by atoms with E-state index < -0.39 is 0 Å². The topological polar surface area (TPSA) is 53.1 Å². The van der Waals surface area contributed by atoms with E-state index in [1.54, 1.807) is 7.11 Å². The lowest BCUT2D eigenvalue weighted by Gasteiger charge is -2.08. The van der Waals surface area contributed by atoms with Crippen molar-refractivity contribution in [2.24, 2.45) is 12.8 Å². The molecule has 0 bridgehead atoms. The summed E-state index contributed by atoms with van der Waals surface area (Å²) in [6.45, 7) is 2.07. The lowest BCUT2D eigenvalue weighted by molar-refractivity contribution is 0.386. The van der Waals surface area contributed by atoms with Crippen LogP contribution in [0.15, 0.2) is 0 Å². The summed E-state index contributed by atoms with van der Waals surface area (Å²) in [7, 11) is 3.61. The number of aromatic nitrogens is 2. The van der Waals surface area contributed by atoms with Crippen molar-refractivity contribution in [3.05, 3.63) is 11.3 Å². The van der Waals surface area contributed by atoms with Crippen LogP contribution in [0, 0.1) is 6.92 Å². The number of nitrogens with two attached hydrogens (primary N) is 1. The molecule has 0 aromatic carbocycles. The lowest BCUT2D eigenvalue weighted by atomic mass is 10.0. The summed E-state index contributed by atoms with van der Waals surface area (Å²) < 4.78 is 7.13. The average Bonchev–Trinajstić information content (AvgIpc) is 2.87. The van der Waals surface area contributed by atoms with Crippen LogP contribution in [-0.2, 0) is 13.5 Å². The van der Waals surface area contributed by atoms with Crippen molar-refractivity contribution in [3.8, 4) is 5.88 Å². The van der Waals surface area contributed by atoms with E-state index in [1.165, 1.54) is 11.3 Å². The van der Waals surface area contributed by atoms with E-state index in [0.29, 0.717) is 0 Å². The number of hydrogen-bond donors (Lipinski definition) is 1. The van der Waals surface area contributed by atoms with Gasteiger partial charge in [-0.3, -0.25) is 4.68 Å². The van der Waals surface area contributed by atoms with Crippen molar-refractivity contribution in [1.29, 1.82) is 0 Å². The maximum atomic E-state index is 6.07. The van der Waals surface area contributed by atoms with Gasteiger partial charge in [0.1, 0.15) is 0 Å². The molecule has 0 atom stereocenters. The Hall–Kier alpha value is -1.03. The second kappa shape index (κ2) is 3.52. The molecule has 0 amide bonds. The van der Waals surface area contributed by atoms with Crippen LogP contribution in [-0.4, -0.2) is 22.4 Å². The maximum Gasteiger partial charge on any atom is 0.235 e. The molecule has 1 saturated carbocycles. The van der Waals surface area contributed by atoms with Crippen molar-refractivity contribution in [1.82, 2.24) is 9.78 Å². The molecule has 0 radical (unpaired) electrons. The number of nitrogens with zero attached hydrogens (tertiary/aromatic N) is 2. The standard InChI is InChI=1S/C11H19N3O/c1-8-9(4-5-11(12)6-7-11)10(15-3)13-14(8)2/h4-7,12H2,1-3H3. The van der Waals surface area contributed by atoms with E-state index in [-0.39, 0.29) is 5.54 Å². The highest BCUT2D eigenvalue weighted by molar-refractivity contribution is 5.31. The Kier molecular flexibility index (Phi) is 2.46. The number of ether oxygens (including phenoxy) is 1. The zero-order valence-corrected chi connectivity index (χ0v) is 9.71. The second-order valence-corrected chi connectivity index (χ2v) is 4.56. The van der Waals surface area contributed by atoms with Crippen LogP contribution in [0.1, 0.15) is 30.5 Å². The number of methoxy groups -OCH3 is 1. The van der Waals surface area contributed by atoms with Crippen molar-refractivity contribution in [2.75, 3.05) is 7.11 Å². The number of aryl methyl sites for hydroxylation is 1. The third-order valence-electron chi connectivity index (χ3n) is 3.38. The highest BCUT2D eigenvalue weighted by atomic mass is 16.5. The third-order valence-corrected chi connectivity index (χ3v) is 3.38. The molecule has 15 heavy (non-hydrogen) atoms. The molecule has 0 aliphatic heterocycles. The van der Waals surface area contributed by atoms with Crippen molar-refractivity contribution >= 4 is 0 Å². The highest BCUT2D eigenvalue weighted by Crippen LogP contribution is 2.37. The number of hydrogen-bond acceptors (Lipinski definition) is 3. The van der Waals surface area contributed by atoms with Gasteiger partial charge in [-0.05, 0) is 32.6 Å². The minimum atomic E-state index is 0.104. The average molecular weight is 209 g/mol. The zero-order valence-electron chi connectivity index (χ0n) is 9.71. The molecular weight excluding hydrogens is 190 g/mol. The van der Waals surface area contributed by atoms with E-state index in [1.807, 2.05) is 11.7 Å². The SMILES string of the molecule is COc1nn(C)c(C)c1CCC1(N)CC1. The van der Waals surface area contributed by atoms with E-state index in [0.717, 1.165) is 31.6 Å². The quantitative estimate of drug-likeness (QED) is 0.809. The molecule has 84 valence electrons. The Morgan fingerprint density at radius 2 is 2.20 bits per heavy atom. The fraction of sp³-hybridized carbons (Fsp3) is 0.727. The maximum absolute atomic E-state index is 6.07. The highest BCUT2D eigenvalue weighted by Gasteiger charge is 2.37. The Morgan fingerprint density at radius 1 is 1.53 bits per heavy atom. The van der Waals surface area contributed by atoms with Crippen LogP contribution < -0.4 is 10.5 Å². The first-order chi connectivity index (χ1) is 7.06. The molecule has 1 fully saturated rings. The van der Waals surface area contributed by atoms with Crippen molar-refractivity contribution < 1.29 is 4.74 Å². The van der Waals surface area contributed by atoms with Gasteiger partial charge in [-0.25, -0.2) is 0 Å². The molecular formula is C11H19N3O. The van der Waals surface area contributed by atoms with Crippen molar-refractivity contribution in [2.45, 2.75) is 38.1 Å². The molecule has 2 rings (SSSR count). The molecule has 4 nitrogen and oxygen atoms in total. The van der Waals surface area contributed by atoms with Gasteiger partial charge >= 0.3 is 0 Å². The van der Waals surface area contributed by atoms with Gasteiger partial charge < -0.3 is 10.5 Å². The predicted octanol–water partition coefficient (Wildman–Crippen LogP) is 1.16. The van der Waals surface area contributed by atoms with E-state index in [4.69, 9.17) is 10.5 Å². The predicted molar refractivity (Wildman–Crippen MR) is 59.0 cm³/mol. The lowest BCUT2D eigenvalue weighted by Crippen LogP contribution is -2.22. The molecule has 1 heterocycles. The third kappa shape index (κ3) is 2.00. The summed E-state index contributed by atoms with van der Waals surface area (Å²) in [5.74, 6) is 0.749. The summed E-state index contributed by atoms with van der Waals surface area (Å²) in [5, 5.41) is 4.30. The summed E-state index contributed by atoms with van der Waals surface area (Å²) in [6, 6.07) is 0. The van der Waals surface area contributed by atoms with Crippen LogP contribution in [0.4, 0.5) is 0 Å². The Bertz CT molecular complexity index is 366. The van der Waals surface area contributed by atoms with E-state index in [2.05, 4.69) is 12.0 Å². The first-order valence-corrected chi connectivity index (χ1v) is 5.41. The molecule has 1 aliphatic carbocycles. The van der Waals surface area contributed by atoms with Gasteiger partial charge in [-0.15, -0.1) is 5.10 Å². The Morgan fingerprint density at radius 3 is 2.73 bits per heavy atom. The normalized spacial score (nSPS) is 17.9. The molecule has 0 unspecified atom stereocenters. The summed E-state index contributed by atoms with van der Waals surface area (Å²) in [6.07, 6.45) is 4.33. The van der Waals surface area contributed by atoms with Gasteiger partial charge in [0.25, 0.3) is 0 Å². The Labute approximate surface area is 90.4 Å². The van der Waals surface area contributed by atoms with Gasteiger partial charge in [0.15, 0.2) is 0 Å². The molecule has 1 aromatic rings. The molecule has 2 N–H and O–H groups in total. The fourth-order valence-electron chi connectivity index (χ4n) is 1.86. The van der Waals surface area contributed by atoms with Gasteiger partial charge in [0.05, 0.1) is 7.11 Å². The monoisotopic (exact) mass is 209 g/mol. The summed E-state index contributed by atoms with van der Waals surface area (Å²) in [4.78, 5) is 0. The number of rotatable bonds is 4. The van der Waals surface area contributed by atoms with Crippen LogP contribution in [0.2, 0.25) is 0 Å². The largest absolute Gasteiger partial charge is 0.480 e. The summed E-state index contributed by atoms with van der Waals surface area (Å²) in [5.41, 5.74) is 8.56. The van der Waals surface area contributed by atoms with Crippen LogP contribution in [0.25, 0.3) is 0 Å². The van der Waals surface area contributed by atoms with E-state index in [9.17, 15) is 0 Å². The first-order valence-electron chi connectivity index (χ1n) is 5.41. The second-order valence-electron chi connectivity index (χ2n) is 4.56. The van der Waals surface area contributed by atoms with Crippen molar-refractivity contribution in [3.63, 3.8) is 0 Å². The minimum Gasteiger partial charge on any atom is -0.480 e. The van der Waals surface area contributed by atoms with Gasteiger partial charge in [0.2, 0.25) is 5.88 Å². The van der Waals surface area contributed by atoms with E-state index >= 15 is 0 Å². The van der Waals surface area contributed by atoms with Crippen LogP contribution in [0.3, 0.4) is 0 Å². The van der Waals surface area contributed by atoms with Gasteiger partial charge in [-0.2, -0.15) is 0 Å². The molecule has 1 aliphatic rings. The molecule has 0 spiro atoms. The van der Waals surface area contributed by atoms with Gasteiger partial charge in [-0.1, -0.05) is 0 Å². The first kappa shape index (κ1) is 10.5. The molecule has 0 saturated heterocycles. The molecule has 4 heteroatoms. The minimum absolute atomic E-state index is 0.104. The zero-order chi connectivity index (χ0) is 11.1.